The average Bonchev–Trinajstić information content (AvgIpc) is 3.13. The van der Waals surface area contributed by atoms with E-state index < -0.39 is 29.9 Å². The lowest BCUT2D eigenvalue weighted by atomic mass is 9.95. The molecule has 0 aliphatic carbocycles. The average molecular weight is 409 g/mol. The summed E-state index contributed by atoms with van der Waals surface area (Å²) < 4.78 is 19.5. The van der Waals surface area contributed by atoms with Gasteiger partial charge >= 0.3 is 12.0 Å². The van der Waals surface area contributed by atoms with Crippen LogP contribution in [0.3, 0.4) is 0 Å². The Hall–Kier alpha value is -2.61. The number of aromatic amines is 1. The van der Waals surface area contributed by atoms with Crippen LogP contribution in [-0.2, 0) is 16.0 Å². The van der Waals surface area contributed by atoms with Crippen LogP contribution in [0.1, 0.15) is 36.8 Å². The summed E-state index contributed by atoms with van der Waals surface area (Å²) in [4.78, 5) is 33.9. The van der Waals surface area contributed by atoms with Crippen LogP contribution in [0.25, 0.3) is 0 Å². The van der Waals surface area contributed by atoms with Crippen LogP contribution in [-0.4, -0.2) is 46.6 Å². The number of methoxy groups -OCH3 is 1. The van der Waals surface area contributed by atoms with Crippen LogP contribution in [0, 0.1) is 11.7 Å². The van der Waals surface area contributed by atoms with E-state index >= 15 is 0 Å². The number of H-pyrrole nitrogens is 1. The highest BCUT2D eigenvalue weighted by atomic mass is 35.5. The number of imidazole rings is 1. The molecule has 2 heterocycles. The van der Waals surface area contributed by atoms with Crippen molar-refractivity contribution in [2.45, 2.75) is 32.4 Å². The lowest BCUT2D eigenvalue weighted by Crippen LogP contribution is -2.53. The summed E-state index contributed by atoms with van der Waals surface area (Å²) in [6.07, 6.45) is 2.07. The Morgan fingerprint density at radius 3 is 2.82 bits per heavy atom. The van der Waals surface area contributed by atoms with Gasteiger partial charge in [0.1, 0.15) is 17.9 Å². The van der Waals surface area contributed by atoms with Gasteiger partial charge in [-0.2, -0.15) is 0 Å². The molecule has 0 saturated carbocycles. The molecular formula is C19H22ClFN4O3. The van der Waals surface area contributed by atoms with E-state index in [1.807, 2.05) is 0 Å². The predicted molar refractivity (Wildman–Crippen MR) is 101 cm³/mol. The van der Waals surface area contributed by atoms with E-state index in [9.17, 15) is 14.0 Å². The van der Waals surface area contributed by atoms with Crippen molar-refractivity contribution < 1.29 is 18.7 Å². The number of halogens is 2. The Kier molecular flexibility index (Phi) is 5.88. The van der Waals surface area contributed by atoms with Crippen molar-refractivity contribution in [2.75, 3.05) is 13.7 Å². The molecule has 2 atom stereocenters. The first-order chi connectivity index (χ1) is 13.3. The molecule has 1 aromatic carbocycles. The first kappa shape index (κ1) is 20.1. The molecule has 3 rings (SSSR count). The molecule has 1 aliphatic heterocycles. The van der Waals surface area contributed by atoms with E-state index in [1.54, 1.807) is 26.0 Å². The van der Waals surface area contributed by atoms with Crippen molar-refractivity contribution in [1.82, 2.24) is 20.2 Å². The maximum atomic E-state index is 14.7. The highest BCUT2D eigenvalue weighted by Gasteiger charge is 2.37. The number of hydrogen-bond acceptors (Lipinski definition) is 4. The second-order valence-electron chi connectivity index (χ2n) is 6.97. The Bertz CT molecular complexity index is 886. The van der Waals surface area contributed by atoms with Crippen molar-refractivity contribution in [3.05, 3.63) is 52.3 Å². The number of nitrogens with one attached hydrogen (secondary N) is 2. The molecule has 7 nitrogen and oxygen atoms in total. The standard InChI is InChI=1S/C19H22ClFN4O3/c1-10(2)15(18(26)28-3)24-19(27)25-7-6-14-16(23-9-22-14)17(25)12-5-4-11(20)8-13(12)21/h4-5,8-10,15,17H,6-7H2,1-3H3,(H,22,23)(H,24,27)/t15-,17-/m0/s1. The molecule has 2 N–H and O–H groups in total. The third-order valence-corrected chi connectivity index (χ3v) is 5.08. The molecule has 2 amide bonds. The maximum absolute atomic E-state index is 14.7. The van der Waals surface area contributed by atoms with E-state index in [4.69, 9.17) is 16.3 Å². The van der Waals surface area contributed by atoms with Gasteiger partial charge in [-0.1, -0.05) is 31.5 Å². The summed E-state index contributed by atoms with van der Waals surface area (Å²) in [5.41, 5.74) is 1.70. The van der Waals surface area contributed by atoms with Gasteiger partial charge in [0, 0.05) is 29.2 Å². The van der Waals surface area contributed by atoms with Crippen LogP contribution < -0.4 is 5.32 Å². The minimum Gasteiger partial charge on any atom is -0.467 e. The summed E-state index contributed by atoms with van der Waals surface area (Å²) in [7, 11) is 1.27. The second-order valence-corrected chi connectivity index (χ2v) is 7.41. The third kappa shape index (κ3) is 3.82. The normalized spacial score (nSPS) is 17.2. The van der Waals surface area contributed by atoms with Gasteiger partial charge in [-0.05, 0) is 18.1 Å². The van der Waals surface area contributed by atoms with E-state index in [2.05, 4.69) is 15.3 Å². The number of urea groups is 1. The SMILES string of the molecule is COC(=O)[C@@H](NC(=O)N1CCc2[nH]cnc2[C@@H]1c1ccc(Cl)cc1F)C(C)C. The number of carbonyl (C=O) groups excluding carboxylic acids is 2. The molecule has 0 fully saturated rings. The molecule has 0 unspecified atom stereocenters. The van der Waals surface area contributed by atoms with Crippen LogP contribution in [0.4, 0.5) is 9.18 Å². The van der Waals surface area contributed by atoms with Crippen molar-refractivity contribution in [3.63, 3.8) is 0 Å². The molecular weight excluding hydrogens is 387 g/mol. The van der Waals surface area contributed by atoms with Gasteiger partial charge in [-0.15, -0.1) is 0 Å². The molecule has 150 valence electrons. The lowest BCUT2D eigenvalue weighted by molar-refractivity contribution is -0.144. The Morgan fingerprint density at radius 2 is 2.18 bits per heavy atom. The fourth-order valence-electron chi connectivity index (χ4n) is 3.37. The lowest BCUT2D eigenvalue weighted by Gasteiger charge is -2.36. The number of aromatic nitrogens is 2. The highest BCUT2D eigenvalue weighted by molar-refractivity contribution is 6.30. The van der Waals surface area contributed by atoms with E-state index in [0.717, 1.165) is 5.69 Å². The van der Waals surface area contributed by atoms with Crippen molar-refractivity contribution in [3.8, 4) is 0 Å². The first-order valence-electron chi connectivity index (χ1n) is 8.95. The predicted octanol–water partition coefficient (Wildman–Crippen LogP) is 3.06. The van der Waals surface area contributed by atoms with Crippen LogP contribution in [0.5, 0.6) is 0 Å². The van der Waals surface area contributed by atoms with Crippen molar-refractivity contribution in [2.24, 2.45) is 5.92 Å². The number of carbonyl (C=O) groups is 2. The van der Waals surface area contributed by atoms with Gasteiger partial charge in [0.05, 0.1) is 19.1 Å². The van der Waals surface area contributed by atoms with Crippen LogP contribution >= 0.6 is 11.6 Å². The molecule has 1 aromatic heterocycles. The summed E-state index contributed by atoms with van der Waals surface area (Å²) >= 11 is 5.88. The third-order valence-electron chi connectivity index (χ3n) is 4.84. The molecule has 0 spiro atoms. The van der Waals surface area contributed by atoms with Gasteiger partial charge in [-0.25, -0.2) is 19.0 Å². The summed E-state index contributed by atoms with van der Waals surface area (Å²) in [5.74, 6) is -1.23. The quantitative estimate of drug-likeness (QED) is 0.761. The molecule has 0 radical (unpaired) electrons. The fourth-order valence-corrected chi connectivity index (χ4v) is 3.53. The van der Waals surface area contributed by atoms with Crippen molar-refractivity contribution in [1.29, 1.82) is 0 Å². The van der Waals surface area contributed by atoms with Crippen LogP contribution in [0.15, 0.2) is 24.5 Å². The number of amides is 2. The van der Waals surface area contributed by atoms with E-state index in [0.29, 0.717) is 18.7 Å². The number of ether oxygens (including phenoxy) is 1. The second kappa shape index (κ2) is 8.18. The Balaban J connectivity index is 1.96. The van der Waals surface area contributed by atoms with Crippen LogP contribution in [0.2, 0.25) is 5.02 Å². The summed E-state index contributed by atoms with van der Waals surface area (Å²) in [5, 5.41) is 2.98. The van der Waals surface area contributed by atoms with E-state index in [-0.39, 0.29) is 16.5 Å². The minimum absolute atomic E-state index is 0.173. The number of esters is 1. The Labute approximate surface area is 167 Å². The molecule has 1 aliphatic rings. The number of nitrogens with zero attached hydrogens (tertiary/aromatic N) is 2. The molecule has 0 saturated heterocycles. The monoisotopic (exact) mass is 408 g/mol. The van der Waals surface area contributed by atoms with Gasteiger partial charge in [0.2, 0.25) is 0 Å². The molecule has 0 bridgehead atoms. The number of hydrogen-bond donors (Lipinski definition) is 2. The Morgan fingerprint density at radius 1 is 1.43 bits per heavy atom. The van der Waals surface area contributed by atoms with Gasteiger partial charge in [0.25, 0.3) is 0 Å². The summed E-state index contributed by atoms with van der Waals surface area (Å²) in [6, 6.07) is 2.29. The number of rotatable bonds is 4. The largest absolute Gasteiger partial charge is 0.467 e. The van der Waals surface area contributed by atoms with Gasteiger partial charge in [-0.3, -0.25) is 0 Å². The maximum Gasteiger partial charge on any atom is 0.328 e. The zero-order chi connectivity index (χ0) is 20.4. The minimum atomic E-state index is -0.811. The van der Waals surface area contributed by atoms with E-state index in [1.165, 1.54) is 24.4 Å². The fraction of sp³-hybridized carbons (Fsp3) is 0.421. The van der Waals surface area contributed by atoms with Gasteiger partial charge in [0.15, 0.2) is 0 Å². The molecule has 9 heteroatoms. The number of fused-ring (bicyclic) bond motifs is 1. The highest BCUT2D eigenvalue weighted by Crippen LogP contribution is 2.35. The zero-order valence-corrected chi connectivity index (χ0v) is 16.6. The number of benzene rings is 1. The van der Waals surface area contributed by atoms with Crippen molar-refractivity contribution >= 4 is 23.6 Å². The first-order valence-corrected chi connectivity index (χ1v) is 9.33. The van der Waals surface area contributed by atoms with Gasteiger partial charge < -0.3 is 19.9 Å². The molecule has 2 aromatic rings. The smallest absolute Gasteiger partial charge is 0.328 e. The summed E-state index contributed by atoms with van der Waals surface area (Å²) in [6.45, 7) is 3.94. The molecule has 28 heavy (non-hydrogen) atoms. The topological polar surface area (TPSA) is 87.3 Å². The zero-order valence-electron chi connectivity index (χ0n) is 15.8.